The van der Waals surface area contributed by atoms with Crippen molar-refractivity contribution < 1.29 is 14.4 Å². The first-order valence-corrected chi connectivity index (χ1v) is 7.63. The fourth-order valence-electron chi connectivity index (χ4n) is 2.68. The van der Waals surface area contributed by atoms with E-state index in [0.29, 0.717) is 18.7 Å². The molecule has 110 valence electrons. The Bertz CT molecular complexity index is 513. The molecule has 0 aliphatic carbocycles. The minimum absolute atomic E-state index is 0.0494. The topological polar surface area (TPSA) is 66.6 Å². The van der Waals surface area contributed by atoms with E-state index in [9.17, 15) is 14.5 Å². The molecule has 0 amide bonds. The number of aliphatic hydroxyl groups is 1. The highest BCUT2D eigenvalue weighted by molar-refractivity contribution is 14.1. The number of halogens is 2. The molecule has 1 atom stereocenters. The van der Waals surface area contributed by atoms with Crippen molar-refractivity contribution >= 4 is 34.0 Å². The first-order valence-electron chi connectivity index (χ1n) is 6.55. The van der Waals surface area contributed by atoms with Crippen LogP contribution < -0.4 is 4.90 Å². The Balaban J connectivity index is 2.35. The Morgan fingerprint density at radius 3 is 2.95 bits per heavy atom. The quantitative estimate of drug-likeness (QED) is 0.474. The highest BCUT2D eigenvalue weighted by Gasteiger charge is 2.30. The van der Waals surface area contributed by atoms with Gasteiger partial charge < -0.3 is 10.0 Å². The van der Waals surface area contributed by atoms with Crippen LogP contribution in [0.5, 0.6) is 0 Å². The number of nitro benzene ring substituents is 1. The molecule has 1 heterocycles. The van der Waals surface area contributed by atoms with Gasteiger partial charge in [0.25, 0.3) is 5.69 Å². The van der Waals surface area contributed by atoms with E-state index in [1.807, 2.05) is 4.90 Å². The first-order chi connectivity index (χ1) is 9.54. The van der Waals surface area contributed by atoms with Crippen molar-refractivity contribution in [3.63, 3.8) is 0 Å². The van der Waals surface area contributed by atoms with Crippen LogP contribution in [0.25, 0.3) is 0 Å². The van der Waals surface area contributed by atoms with Crippen LogP contribution in [0.3, 0.4) is 0 Å². The predicted molar refractivity (Wildman–Crippen MR) is 82.5 cm³/mol. The van der Waals surface area contributed by atoms with Gasteiger partial charge in [-0.05, 0) is 48.3 Å². The molecule has 1 aromatic rings. The van der Waals surface area contributed by atoms with Gasteiger partial charge in [0.1, 0.15) is 11.5 Å². The zero-order chi connectivity index (χ0) is 14.7. The van der Waals surface area contributed by atoms with Crippen molar-refractivity contribution in [3.8, 4) is 0 Å². The number of hydrogen-bond acceptors (Lipinski definition) is 4. The summed E-state index contributed by atoms with van der Waals surface area (Å²) in [5, 5.41) is 20.1. The number of nitrogens with zero attached hydrogens (tertiary/aromatic N) is 2. The van der Waals surface area contributed by atoms with E-state index in [0.717, 1.165) is 19.3 Å². The summed E-state index contributed by atoms with van der Waals surface area (Å²) in [6.07, 6.45) is 3.27. The highest BCUT2D eigenvalue weighted by Crippen LogP contribution is 2.36. The van der Waals surface area contributed by atoms with Crippen LogP contribution in [0.15, 0.2) is 12.1 Å². The van der Waals surface area contributed by atoms with E-state index in [2.05, 4.69) is 0 Å². The second-order valence-corrected chi connectivity index (χ2v) is 6.03. The van der Waals surface area contributed by atoms with Gasteiger partial charge in [0.15, 0.2) is 0 Å². The Morgan fingerprint density at radius 1 is 1.55 bits per heavy atom. The van der Waals surface area contributed by atoms with Crippen molar-refractivity contribution in [3.05, 3.63) is 31.6 Å². The van der Waals surface area contributed by atoms with E-state index >= 15 is 0 Å². The van der Waals surface area contributed by atoms with Gasteiger partial charge in [-0.25, -0.2) is 4.39 Å². The fourth-order valence-corrected chi connectivity index (χ4v) is 3.13. The molecule has 0 radical (unpaired) electrons. The largest absolute Gasteiger partial charge is 0.396 e. The van der Waals surface area contributed by atoms with Crippen molar-refractivity contribution in [1.29, 1.82) is 0 Å². The summed E-state index contributed by atoms with van der Waals surface area (Å²) in [6, 6.07) is 2.68. The molecule has 1 aliphatic rings. The minimum Gasteiger partial charge on any atom is -0.396 e. The lowest BCUT2D eigenvalue weighted by molar-refractivity contribution is -0.384. The number of aliphatic hydroxyl groups excluding tert-OH is 1. The normalized spacial score (nSPS) is 18.6. The molecule has 1 aliphatic heterocycles. The maximum absolute atomic E-state index is 13.8. The van der Waals surface area contributed by atoms with Crippen LogP contribution in [0.2, 0.25) is 0 Å². The highest BCUT2D eigenvalue weighted by atomic mass is 127. The van der Waals surface area contributed by atoms with Crippen LogP contribution in [-0.2, 0) is 0 Å². The van der Waals surface area contributed by atoms with Gasteiger partial charge in [0.2, 0.25) is 0 Å². The third-order valence-corrected chi connectivity index (χ3v) is 4.42. The van der Waals surface area contributed by atoms with E-state index in [1.54, 1.807) is 22.6 Å². The lowest BCUT2D eigenvalue weighted by Gasteiger charge is -2.26. The van der Waals surface area contributed by atoms with Gasteiger partial charge in [-0.15, -0.1) is 0 Å². The number of rotatable bonds is 5. The maximum atomic E-state index is 13.8. The molecule has 1 fully saturated rings. The Hall–Kier alpha value is -0.960. The van der Waals surface area contributed by atoms with E-state index < -0.39 is 10.7 Å². The second kappa shape index (κ2) is 6.66. The average molecular weight is 394 g/mol. The van der Waals surface area contributed by atoms with E-state index in [1.165, 1.54) is 12.1 Å². The van der Waals surface area contributed by atoms with Gasteiger partial charge >= 0.3 is 0 Å². The van der Waals surface area contributed by atoms with Gasteiger partial charge in [-0.2, -0.15) is 0 Å². The number of benzene rings is 1. The smallest absolute Gasteiger partial charge is 0.293 e. The van der Waals surface area contributed by atoms with Crippen molar-refractivity contribution in [1.82, 2.24) is 0 Å². The molecule has 0 aromatic heterocycles. The molecular formula is C13H16FIN2O3. The molecule has 5 nitrogen and oxygen atoms in total. The summed E-state index contributed by atoms with van der Waals surface area (Å²) >= 11 is 1.76. The molecule has 0 bridgehead atoms. The molecular weight excluding hydrogens is 378 g/mol. The SMILES string of the molecule is O=[N+]([O-])c1cc(I)c(F)cc1N1CCCC1CCCO. The first kappa shape index (κ1) is 15.4. The fraction of sp³-hybridized carbons (Fsp3) is 0.538. The van der Waals surface area contributed by atoms with Crippen molar-refractivity contribution in [2.45, 2.75) is 31.7 Å². The van der Waals surface area contributed by atoms with Crippen molar-refractivity contribution in [2.75, 3.05) is 18.1 Å². The van der Waals surface area contributed by atoms with Crippen LogP contribution in [-0.4, -0.2) is 29.2 Å². The van der Waals surface area contributed by atoms with Gasteiger partial charge in [0, 0.05) is 31.3 Å². The molecule has 1 aromatic carbocycles. The third kappa shape index (κ3) is 3.20. The molecule has 2 rings (SSSR count). The summed E-state index contributed by atoms with van der Waals surface area (Å²) in [7, 11) is 0. The summed E-state index contributed by atoms with van der Waals surface area (Å²) in [4.78, 5) is 12.6. The van der Waals surface area contributed by atoms with E-state index in [-0.39, 0.29) is 21.9 Å². The molecule has 1 saturated heterocycles. The standard InChI is InChI=1S/C13H16FIN2O3/c14-10-7-12(13(17(19)20)8-11(10)15)16-5-1-3-9(16)4-2-6-18/h7-9,18H,1-6H2. The lowest BCUT2D eigenvalue weighted by Crippen LogP contribution is -2.30. The minimum atomic E-state index is -0.460. The molecule has 1 unspecified atom stereocenters. The van der Waals surface area contributed by atoms with E-state index in [4.69, 9.17) is 5.11 Å². The second-order valence-electron chi connectivity index (χ2n) is 4.87. The maximum Gasteiger partial charge on any atom is 0.293 e. The Kier molecular flexibility index (Phi) is 5.14. The molecule has 20 heavy (non-hydrogen) atoms. The van der Waals surface area contributed by atoms with Gasteiger partial charge in [0.05, 0.1) is 8.49 Å². The monoisotopic (exact) mass is 394 g/mol. The lowest BCUT2D eigenvalue weighted by atomic mass is 10.1. The van der Waals surface area contributed by atoms with Crippen LogP contribution in [0, 0.1) is 19.5 Å². The number of hydrogen-bond donors (Lipinski definition) is 1. The molecule has 1 N–H and O–H groups in total. The predicted octanol–water partition coefficient (Wildman–Crippen LogP) is 3.08. The van der Waals surface area contributed by atoms with Crippen LogP contribution >= 0.6 is 22.6 Å². The van der Waals surface area contributed by atoms with Crippen molar-refractivity contribution in [2.24, 2.45) is 0 Å². The summed E-state index contributed by atoms with van der Waals surface area (Å²) in [5.41, 5.74) is 0.306. The van der Waals surface area contributed by atoms with Crippen LogP contribution in [0.4, 0.5) is 15.8 Å². The van der Waals surface area contributed by atoms with Gasteiger partial charge in [-0.3, -0.25) is 10.1 Å². The van der Waals surface area contributed by atoms with Gasteiger partial charge in [-0.1, -0.05) is 0 Å². The molecule has 7 heteroatoms. The Labute approximate surface area is 130 Å². The Morgan fingerprint density at radius 2 is 2.30 bits per heavy atom. The third-order valence-electron chi connectivity index (χ3n) is 3.60. The summed E-state index contributed by atoms with van der Waals surface area (Å²) < 4.78 is 14.0. The number of anilines is 1. The summed E-state index contributed by atoms with van der Waals surface area (Å²) in [5.74, 6) is -0.431. The zero-order valence-corrected chi connectivity index (χ0v) is 13.0. The molecule has 0 saturated carbocycles. The zero-order valence-electron chi connectivity index (χ0n) is 10.9. The van der Waals surface area contributed by atoms with Crippen LogP contribution in [0.1, 0.15) is 25.7 Å². The number of nitro groups is 1. The summed E-state index contributed by atoms with van der Waals surface area (Å²) in [6.45, 7) is 0.796. The molecule has 0 spiro atoms. The average Bonchev–Trinajstić information content (AvgIpc) is 2.87.